The molecular formula is C22H17BrN4O3. The van der Waals surface area contributed by atoms with Crippen molar-refractivity contribution in [2.75, 3.05) is 10.6 Å². The van der Waals surface area contributed by atoms with E-state index in [1.807, 2.05) is 24.3 Å². The Morgan fingerprint density at radius 1 is 0.967 bits per heavy atom. The lowest BCUT2D eigenvalue weighted by Gasteiger charge is -2.10. The normalized spacial score (nSPS) is 10.6. The predicted molar refractivity (Wildman–Crippen MR) is 117 cm³/mol. The van der Waals surface area contributed by atoms with Crippen LogP contribution >= 0.6 is 15.9 Å². The Morgan fingerprint density at radius 3 is 2.63 bits per heavy atom. The number of anilines is 2. The second-order valence-corrected chi connectivity index (χ2v) is 7.39. The largest absolute Gasteiger partial charge is 0.459 e. The van der Waals surface area contributed by atoms with Crippen LogP contribution in [0.4, 0.5) is 11.5 Å². The Kier molecular flexibility index (Phi) is 5.76. The summed E-state index contributed by atoms with van der Waals surface area (Å²) < 4.78 is 7.77. The quantitative estimate of drug-likeness (QED) is 0.429. The van der Waals surface area contributed by atoms with Crippen LogP contribution in [0, 0.1) is 0 Å². The number of carbonyl (C=O) groups excluding carboxylic acids is 2. The van der Waals surface area contributed by atoms with Gasteiger partial charge in [0, 0.05) is 21.8 Å². The molecule has 0 radical (unpaired) electrons. The Hall–Kier alpha value is -3.65. The van der Waals surface area contributed by atoms with Gasteiger partial charge in [-0.1, -0.05) is 34.1 Å². The van der Waals surface area contributed by atoms with Crippen LogP contribution in [0.2, 0.25) is 0 Å². The van der Waals surface area contributed by atoms with Crippen LogP contribution in [0.3, 0.4) is 0 Å². The number of hydrogen-bond donors (Lipinski definition) is 2. The van der Waals surface area contributed by atoms with E-state index in [0.29, 0.717) is 23.6 Å². The fourth-order valence-corrected chi connectivity index (χ4v) is 3.35. The zero-order valence-corrected chi connectivity index (χ0v) is 17.3. The van der Waals surface area contributed by atoms with Gasteiger partial charge in [-0.3, -0.25) is 9.59 Å². The van der Waals surface area contributed by atoms with E-state index >= 15 is 0 Å². The first-order chi connectivity index (χ1) is 14.6. The number of halogens is 1. The van der Waals surface area contributed by atoms with Crippen LogP contribution in [-0.4, -0.2) is 21.6 Å². The molecule has 0 fully saturated rings. The van der Waals surface area contributed by atoms with Crippen molar-refractivity contribution in [3.8, 4) is 0 Å². The van der Waals surface area contributed by atoms with Crippen molar-refractivity contribution in [3.05, 3.63) is 101 Å². The van der Waals surface area contributed by atoms with E-state index in [2.05, 4.69) is 31.7 Å². The van der Waals surface area contributed by atoms with Gasteiger partial charge in [0.05, 0.1) is 19.0 Å². The van der Waals surface area contributed by atoms with Gasteiger partial charge in [-0.25, -0.2) is 4.68 Å². The van der Waals surface area contributed by atoms with E-state index in [9.17, 15) is 9.59 Å². The molecule has 150 valence electrons. The van der Waals surface area contributed by atoms with Crippen molar-refractivity contribution in [1.29, 1.82) is 0 Å². The summed E-state index contributed by atoms with van der Waals surface area (Å²) in [6, 6.07) is 19.5. The van der Waals surface area contributed by atoms with E-state index in [1.54, 1.807) is 53.3 Å². The van der Waals surface area contributed by atoms with E-state index in [-0.39, 0.29) is 17.6 Å². The topological polar surface area (TPSA) is 89.2 Å². The van der Waals surface area contributed by atoms with E-state index in [1.165, 1.54) is 6.26 Å². The molecule has 8 heteroatoms. The van der Waals surface area contributed by atoms with Gasteiger partial charge in [-0.15, -0.1) is 0 Å². The standard InChI is InChI=1S/C22H17BrN4O3/c23-17-6-1-4-15(12-17)14-27-20(9-10-24-27)26-21(28)16-5-2-7-18(13-16)25-22(29)19-8-3-11-30-19/h1-13H,14H2,(H,25,29)(H,26,28). The second-order valence-electron chi connectivity index (χ2n) is 6.47. The summed E-state index contributed by atoms with van der Waals surface area (Å²) in [5, 5.41) is 9.87. The lowest BCUT2D eigenvalue weighted by atomic mass is 10.2. The number of benzene rings is 2. The van der Waals surface area contributed by atoms with Crippen LogP contribution in [0.15, 0.2) is 88.1 Å². The number of furan rings is 1. The number of nitrogens with one attached hydrogen (secondary N) is 2. The van der Waals surface area contributed by atoms with Crippen molar-refractivity contribution in [3.63, 3.8) is 0 Å². The molecule has 0 spiro atoms. The monoisotopic (exact) mass is 464 g/mol. The van der Waals surface area contributed by atoms with Crippen molar-refractivity contribution in [2.24, 2.45) is 0 Å². The molecule has 0 saturated carbocycles. The molecule has 30 heavy (non-hydrogen) atoms. The summed E-state index contributed by atoms with van der Waals surface area (Å²) in [5.41, 5.74) is 1.94. The lowest BCUT2D eigenvalue weighted by molar-refractivity contribution is 0.0993. The lowest BCUT2D eigenvalue weighted by Crippen LogP contribution is -2.17. The predicted octanol–water partition coefficient (Wildman–Crippen LogP) is 4.79. The maximum Gasteiger partial charge on any atom is 0.291 e. The number of aromatic nitrogens is 2. The van der Waals surface area contributed by atoms with Crippen molar-refractivity contribution in [2.45, 2.75) is 6.54 Å². The summed E-state index contributed by atoms with van der Waals surface area (Å²) in [4.78, 5) is 24.9. The number of rotatable bonds is 6. The molecule has 2 aromatic carbocycles. The SMILES string of the molecule is O=C(Nc1ccnn1Cc1cccc(Br)c1)c1cccc(NC(=O)c2ccco2)c1. The minimum absolute atomic E-state index is 0.196. The maximum absolute atomic E-state index is 12.7. The van der Waals surface area contributed by atoms with E-state index in [4.69, 9.17) is 4.42 Å². The number of nitrogens with zero attached hydrogens (tertiary/aromatic N) is 2. The smallest absolute Gasteiger partial charge is 0.291 e. The number of amides is 2. The molecule has 4 rings (SSSR count). The van der Waals surface area contributed by atoms with Gasteiger partial charge in [-0.05, 0) is 48.0 Å². The highest BCUT2D eigenvalue weighted by Crippen LogP contribution is 2.17. The van der Waals surface area contributed by atoms with Crippen molar-refractivity contribution < 1.29 is 14.0 Å². The minimum atomic E-state index is -0.385. The maximum atomic E-state index is 12.7. The number of carbonyl (C=O) groups is 2. The van der Waals surface area contributed by atoms with Crippen LogP contribution in [0.25, 0.3) is 0 Å². The summed E-state index contributed by atoms with van der Waals surface area (Å²) in [7, 11) is 0. The Bertz CT molecular complexity index is 1180. The fourth-order valence-electron chi connectivity index (χ4n) is 2.90. The third-order valence-corrected chi connectivity index (χ3v) is 4.80. The van der Waals surface area contributed by atoms with E-state index < -0.39 is 0 Å². The zero-order chi connectivity index (χ0) is 20.9. The molecule has 2 amide bonds. The highest BCUT2D eigenvalue weighted by molar-refractivity contribution is 9.10. The highest BCUT2D eigenvalue weighted by atomic mass is 79.9. The molecule has 2 heterocycles. The van der Waals surface area contributed by atoms with Gasteiger partial charge >= 0.3 is 0 Å². The van der Waals surface area contributed by atoms with Gasteiger partial charge in [0.25, 0.3) is 11.8 Å². The van der Waals surface area contributed by atoms with Crippen molar-refractivity contribution >= 4 is 39.2 Å². The molecule has 7 nitrogen and oxygen atoms in total. The zero-order valence-electron chi connectivity index (χ0n) is 15.7. The van der Waals surface area contributed by atoms with Gasteiger partial charge in [0.2, 0.25) is 0 Å². The van der Waals surface area contributed by atoms with Crippen molar-refractivity contribution in [1.82, 2.24) is 9.78 Å². The highest BCUT2D eigenvalue weighted by Gasteiger charge is 2.13. The number of hydrogen-bond acceptors (Lipinski definition) is 4. The molecule has 0 aliphatic heterocycles. The molecule has 4 aromatic rings. The first kappa shape index (κ1) is 19.7. The Labute approximate surface area is 180 Å². The van der Waals surface area contributed by atoms with Gasteiger partial charge in [-0.2, -0.15) is 5.10 Å². The van der Waals surface area contributed by atoms with Crippen LogP contribution in [0.1, 0.15) is 26.5 Å². The van der Waals surface area contributed by atoms with Gasteiger partial charge < -0.3 is 15.1 Å². The average Bonchev–Trinajstić information content (AvgIpc) is 3.41. The molecule has 0 bridgehead atoms. The molecule has 2 aromatic heterocycles. The molecule has 0 aliphatic carbocycles. The Morgan fingerprint density at radius 2 is 1.83 bits per heavy atom. The second kappa shape index (κ2) is 8.79. The van der Waals surface area contributed by atoms with Gasteiger partial charge in [0.15, 0.2) is 5.76 Å². The molecule has 0 atom stereocenters. The summed E-state index contributed by atoms with van der Waals surface area (Å²) in [6.45, 7) is 0.515. The molecule has 2 N–H and O–H groups in total. The first-order valence-corrected chi connectivity index (χ1v) is 9.90. The average molecular weight is 465 g/mol. The molecule has 0 aliphatic rings. The third kappa shape index (κ3) is 4.66. The third-order valence-electron chi connectivity index (χ3n) is 4.31. The first-order valence-electron chi connectivity index (χ1n) is 9.11. The molecule has 0 saturated heterocycles. The molecular weight excluding hydrogens is 448 g/mol. The van der Waals surface area contributed by atoms with Crippen LogP contribution < -0.4 is 10.6 Å². The Balaban J connectivity index is 1.46. The fraction of sp³-hybridized carbons (Fsp3) is 0.0455. The van der Waals surface area contributed by atoms with Crippen LogP contribution in [-0.2, 0) is 6.54 Å². The van der Waals surface area contributed by atoms with Gasteiger partial charge in [0.1, 0.15) is 5.82 Å². The van der Waals surface area contributed by atoms with E-state index in [0.717, 1.165) is 10.0 Å². The van der Waals surface area contributed by atoms with Crippen LogP contribution in [0.5, 0.6) is 0 Å². The summed E-state index contributed by atoms with van der Waals surface area (Å²) in [5.74, 6) is 0.0797. The summed E-state index contributed by atoms with van der Waals surface area (Å²) in [6.07, 6.45) is 3.06. The minimum Gasteiger partial charge on any atom is -0.459 e. The summed E-state index contributed by atoms with van der Waals surface area (Å²) >= 11 is 3.46. The molecule has 0 unspecified atom stereocenters.